The molecular weight excluding hydrogens is 428 g/mol. The van der Waals surface area contributed by atoms with Crippen molar-refractivity contribution in [3.05, 3.63) is 59.7 Å². The molecule has 32 heavy (non-hydrogen) atoms. The predicted octanol–water partition coefficient (Wildman–Crippen LogP) is 4.13. The minimum Gasteiger partial charge on any atom is -0.439 e. The molecule has 0 saturated carbocycles. The number of fused-ring (bicyclic) bond motifs is 1. The summed E-state index contributed by atoms with van der Waals surface area (Å²) in [5.41, 5.74) is 0.591. The van der Waals surface area contributed by atoms with E-state index in [1.165, 1.54) is 24.3 Å². The van der Waals surface area contributed by atoms with Gasteiger partial charge in [0.1, 0.15) is 11.3 Å². The minimum absolute atomic E-state index is 0.150. The molecule has 3 aromatic rings. The monoisotopic (exact) mass is 450 g/mol. The van der Waals surface area contributed by atoms with Crippen molar-refractivity contribution in [3.8, 4) is 0 Å². The second-order valence-electron chi connectivity index (χ2n) is 7.75. The van der Waals surface area contributed by atoms with Gasteiger partial charge < -0.3 is 9.73 Å². The van der Waals surface area contributed by atoms with Crippen molar-refractivity contribution < 1.29 is 26.8 Å². The zero-order chi connectivity index (χ0) is 22.7. The van der Waals surface area contributed by atoms with Gasteiger partial charge >= 0.3 is 6.18 Å². The van der Waals surface area contributed by atoms with Crippen LogP contribution in [0.3, 0.4) is 0 Å². The van der Waals surface area contributed by atoms with Crippen LogP contribution in [0.25, 0.3) is 11.1 Å². The lowest BCUT2D eigenvalue weighted by Crippen LogP contribution is -2.36. The molecule has 1 aliphatic heterocycles. The van der Waals surface area contributed by atoms with Gasteiger partial charge in [-0.25, -0.2) is 9.37 Å². The fraction of sp³-hybridized carbons (Fsp3) is 0.364. The number of rotatable bonds is 5. The summed E-state index contributed by atoms with van der Waals surface area (Å²) in [6, 6.07) is 8.62. The Hall–Kier alpha value is -2.98. The van der Waals surface area contributed by atoms with Crippen LogP contribution in [0.4, 0.5) is 23.2 Å². The van der Waals surface area contributed by atoms with Crippen molar-refractivity contribution in [1.29, 1.82) is 0 Å². The van der Waals surface area contributed by atoms with Gasteiger partial charge in [-0.1, -0.05) is 0 Å². The molecule has 0 aliphatic carbocycles. The van der Waals surface area contributed by atoms with Crippen LogP contribution in [0.1, 0.15) is 17.9 Å². The highest BCUT2D eigenvalue weighted by molar-refractivity contribution is 5.92. The summed E-state index contributed by atoms with van der Waals surface area (Å²) in [6.45, 7) is 3.49. The summed E-state index contributed by atoms with van der Waals surface area (Å²) in [6.07, 6.45) is -3.57. The number of halogens is 4. The second kappa shape index (κ2) is 9.25. The molecule has 0 atom stereocenters. The molecule has 2 aromatic carbocycles. The van der Waals surface area contributed by atoms with Crippen molar-refractivity contribution >= 4 is 22.7 Å². The predicted molar refractivity (Wildman–Crippen MR) is 110 cm³/mol. The standard InChI is InChI=1S/C22H22F4N4O2/c23-16-4-7-18-19(12-16)32-21(28-18)14-30-9-1-8-29(10-11-30)13-20(31)27-17-5-2-15(3-6-17)22(24,25)26/h2-7,12H,1,8-11,13-14H2,(H,27,31). The SMILES string of the molecule is O=C(CN1CCCN(Cc2nc3ccc(F)cc3o2)CC1)Nc1ccc(C(F)(F)F)cc1. The first-order valence-electron chi connectivity index (χ1n) is 10.2. The van der Waals surface area contributed by atoms with E-state index in [1.54, 1.807) is 6.07 Å². The van der Waals surface area contributed by atoms with Crippen LogP contribution in [0, 0.1) is 5.82 Å². The molecule has 0 bridgehead atoms. The van der Waals surface area contributed by atoms with Crippen molar-refractivity contribution in [2.24, 2.45) is 0 Å². The molecule has 1 fully saturated rings. The van der Waals surface area contributed by atoms with E-state index in [9.17, 15) is 22.4 Å². The van der Waals surface area contributed by atoms with Gasteiger partial charge in [-0.15, -0.1) is 0 Å². The lowest BCUT2D eigenvalue weighted by atomic mass is 10.2. The number of carbonyl (C=O) groups excluding carboxylic acids is 1. The maximum Gasteiger partial charge on any atom is 0.416 e. The maximum absolute atomic E-state index is 13.3. The number of hydrogen-bond acceptors (Lipinski definition) is 5. The lowest BCUT2D eigenvalue weighted by molar-refractivity contribution is -0.137. The van der Waals surface area contributed by atoms with E-state index in [1.807, 2.05) is 4.90 Å². The highest BCUT2D eigenvalue weighted by atomic mass is 19.4. The van der Waals surface area contributed by atoms with Crippen LogP contribution < -0.4 is 5.32 Å². The highest BCUT2D eigenvalue weighted by Gasteiger charge is 2.30. The molecule has 6 nitrogen and oxygen atoms in total. The van der Waals surface area contributed by atoms with Gasteiger partial charge in [-0.2, -0.15) is 13.2 Å². The fourth-order valence-corrected chi connectivity index (χ4v) is 3.69. The molecule has 1 amide bonds. The molecule has 10 heteroatoms. The molecule has 2 heterocycles. The van der Waals surface area contributed by atoms with E-state index < -0.39 is 11.7 Å². The Kier molecular flexibility index (Phi) is 6.43. The Morgan fingerprint density at radius 2 is 1.75 bits per heavy atom. The Bertz CT molecular complexity index is 1080. The fourth-order valence-electron chi connectivity index (χ4n) is 3.69. The van der Waals surface area contributed by atoms with E-state index in [-0.39, 0.29) is 18.3 Å². The van der Waals surface area contributed by atoms with Gasteiger partial charge in [-0.05, 0) is 55.9 Å². The number of anilines is 1. The number of nitrogens with one attached hydrogen (secondary N) is 1. The normalized spacial score (nSPS) is 16.2. The largest absolute Gasteiger partial charge is 0.439 e. The summed E-state index contributed by atoms with van der Waals surface area (Å²) in [5.74, 6) is -0.140. The van der Waals surface area contributed by atoms with E-state index in [0.29, 0.717) is 42.3 Å². The topological polar surface area (TPSA) is 61.6 Å². The van der Waals surface area contributed by atoms with E-state index >= 15 is 0 Å². The third-order valence-corrected chi connectivity index (χ3v) is 5.30. The third-order valence-electron chi connectivity index (χ3n) is 5.30. The smallest absolute Gasteiger partial charge is 0.416 e. The second-order valence-corrected chi connectivity index (χ2v) is 7.75. The molecule has 0 unspecified atom stereocenters. The molecule has 170 valence electrons. The summed E-state index contributed by atoms with van der Waals surface area (Å²) < 4.78 is 56.9. The number of benzene rings is 2. The molecule has 0 spiro atoms. The quantitative estimate of drug-likeness (QED) is 0.593. The van der Waals surface area contributed by atoms with Gasteiger partial charge in [0.2, 0.25) is 11.8 Å². The number of aromatic nitrogens is 1. The molecule has 0 radical (unpaired) electrons. The van der Waals surface area contributed by atoms with Crippen molar-refractivity contribution in [2.75, 3.05) is 38.0 Å². The van der Waals surface area contributed by atoms with Gasteiger partial charge in [0, 0.05) is 24.8 Å². The Balaban J connectivity index is 1.27. The average Bonchev–Trinajstić information content (AvgIpc) is 2.99. The molecule has 1 aliphatic rings. The zero-order valence-electron chi connectivity index (χ0n) is 17.2. The van der Waals surface area contributed by atoms with E-state index in [0.717, 1.165) is 31.6 Å². The van der Waals surface area contributed by atoms with Gasteiger partial charge in [-0.3, -0.25) is 14.6 Å². The van der Waals surface area contributed by atoms with E-state index in [4.69, 9.17) is 4.42 Å². The number of amides is 1. The summed E-state index contributed by atoms with van der Waals surface area (Å²) >= 11 is 0. The molecule has 4 rings (SSSR count). The summed E-state index contributed by atoms with van der Waals surface area (Å²) in [5, 5.41) is 2.64. The first-order valence-corrected chi connectivity index (χ1v) is 10.2. The summed E-state index contributed by atoms with van der Waals surface area (Å²) in [7, 11) is 0. The van der Waals surface area contributed by atoms with Crippen LogP contribution in [0.15, 0.2) is 46.9 Å². The Morgan fingerprint density at radius 3 is 2.50 bits per heavy atom. The van der Waals surface area contributed by atoms with Gasteiger partial charge in [0.05, 0.1) is 18.7 Å². The van der Waals surface area contributed by atoms with Crippen LogP contribution in [-0.2, 0) is 17.5 Å². The minimum atomic E-state index is -4.41. The van der Waals surface area contributed by atoms with Crippen LogP contribution >= 0.6 is 0 Å². The number of alkyl halides is 3. The average molecular weight is 450 g/mol. The van der Waals surface area contributed by atoms with E-state index in [2.05, 4.69) is 15.2 Å². The van der Waals surface area contributed by atoms with Crippen molar-refractivity contribution in [1.82, 2.24) is 14.8 Å². The van der Waals surface area contributed by atoms with Crippen molar-refractivity contribution in [3.63, 3.8) is 0 Å². The third kappa shape index (κ3) is 5.63. The summed E-state index contributed by atoms with van der Waals surface area (Å²) in [4.78, 5) is 20.9. The first-order chi connectivity index (χ1) is 15.3. The first kappa shape index (κ1) is 22.2. The maximum atomic E-state index is 13.3. The van der Waals surface area contributed by atoms with Crippen LogP contribution in [0.5, 0.6) is 0 Å². The van der Waals surface area contributed by atoms with Crippen LogP contribution in [0.2, 0.25) is 0 Å². The van der Waals surface area contributed by atoms with Gasteiger partial charge in [0.15, 0.2) is 5.58 Å². The molecule has 1 N–H and O–H groups in total. The number of nitrogens with zero attached hydrogens (tertiary/aromatic N) is 3. The zero-order valence-corrected chi connectivity index (χ0v) is 17.2. The highest BCUT2D eigenvalue weighted by Crippen LogP contribution is 2.29. The Morgan fingerprint density at radius 1 is 1.03 bits per heavy atom. The number of hydrogen-bond donors (Lipinski definition) is 1. The Labute approximate surface area is 181 Å². The molecule has 1 saturated heterocycles. The number of oxazole rings is 1. The van der Waals surface area contributed by atoms with Crippen molar-refractivity contribution in [2.45, 2.75) is 19.1 Å². The molecule has 1 aromatic heterocycles. The number of carbonyl (C=O) groups is 1. The van der Waals surface area contributed by atoms with Crippen LogP contribution in [-0.4, -0.2) is 53.4 Å². The van der Waals surface area contributed by atoms with Gasteiger partial charge in [0.25, 0.3) is 0 Å². The lowest BCUT2D eigenvalue weighted by Gasteiger charge is -2.20. The molecular formula is C22H22F4N4O2.